The second-order valence-electron chi connectivity index (χ2n) is 8.78. The molecule has 0 radical (unpaired) electrons. The number of aryl methyl sites for hydroxylation is 1. The predicted molar refractivity (Wildman–Crippen MR) is 112 cm³/mol. The summed E-state index contributed by atoms with van der Waals surface area (Å²) in [5.74, 6) is -0.202. The van der Waals surface area contributed by atoms with Crippen molar-refractivity contribution in [2.24, 2.45) is 11.3 Å². The lowest BCUT2D eigenvalue weighted by molar-refractivity contribution is -0.155. The first-order valence-electron chi connectivity index (χ1n) is 9.94. The number of nitrogens with zero attached hydrogens (tertiary/aromatic N) is 1. The molecule has 0 aromatic heterocycles. The number of carbonyl (C=O) groups excluding carboxylic acids is 2. The average molecular weight is 379 g/mol. The van der Waals surface area contributed by atoms with Gasteiger partial charge in [-0.3, -0.25) is 9.59 Å². The molecule has 1 fully saturated rings. The molecule has 0 unspecified atom stereocenters. The third kappa shape index (κ3) is 3.82. The van der Waals surface area contributed by atoms with E-state index >= 15 is 0 Å². The molecule has 28 heavy (non-hydrogen) atoms. The van der Waals surface area contributed by atoms with E-state index in [1.807, 2.05) is 62.1 Å². The number of benzene rings is 2. The molecule has 0 bridgehead atoms. The van der Waals surface area contributed by atoms with Gasteiger partial charge >= 0.3 is 0 Å². The van der Waals surface area contributed by atoms with Crippen molar-refractivity contribution < 1.29 is 9.59 Å². The second-order valence-corrected chi connectivity index (χ2v) is 8.78. The molecule has 0 saturated carbocycles. The Morgan fingerprint density at radius 1 is 1.04 bits per heavy atom. The smallest absolute Gasteiger partial charge is 0.252 e. The van der Waals surface area contributed by atoms with Gasteiger partial charge in [-0.25, -0.2) is 0 Å². The zero-order valence-corrected chi connectivity index (χ0v) is 17.4. The van der Waals surface area contributed by atoms with Gasteiger partial charge in [-0.1, -0.05) is 76.2 Å². The Kier molecular flexibility index (Phi) is 5.59. The summed E-state index contributed by atoms with van der Waals surface area (Å²) in [6, 6.07) is 17.1. The minimum atomic E-state index is -0.547. The fourth-order valence-corrected chi connectivity index (χ4v) is 4.14. The fourth-order valence-electron chi connectivity index (χ4n) is 4.14. The number of carbonyl (C=O) groups is 2. The maximum absolute atomic E-state index is 13.4. The van der Waals surface area contributed by atoms with E-state index in [9.17, 15) is 9.59 Å². The van der Waals surface area contributed by atoms with Crippen LogP contribution in [0.1, 0.15) is 55.2 Å². The molecule has 2 aromatic carbocycles. The zero-order chi connectivity index (χ0) is 20.5. The highest BCUT2D eigenvalue weighted by atomic mass is 16.2. The molecule has 4 heteroatoms. The first-order valence-corrected chi connectivity index (χ1v) is 9.94. The Morgan fingerprint density at radius 3 is 2.21 bits per heavy atom. The van der Waals surface area contributed by atoms with Crippen LogP contribution in [-0.4, -0.2) is 29.3 Å². The molecular weight excluding hydrogens is 348 g/mol. The molecule has 0 aliphatic carbocycles. The van der Waals surface area contributed by atoms with Crippen LogP contribution in [-0.2, 0) is 4.79 Å². The van der Waals surface area contributed by atoms with Crippen LogP contribution in [0.3, 0.4) is 0 Å². The number of amides is 2. The summed E-state index contributed by atoms with van der Waals surface area (Å²) in [5, 5.41) is 2.99. The fraction of sp³-hybridized carbons (Fsp3) is 0.417. The number of hydrogen-bond donors (Lipinski definition) is 1. The minimum absolute atomic E-state index is 0.000559. The van der Waals surface area contributed by atoms with Gasteiger partial charge in [0.25, 0.3) is 5.91 Å². The maximum Gasteiger partial charge on any atom is 0.252 e. The van der Waals surface area contributed by atoms with Crippen LogP contribution in [0.4, 0.5) is 0 Å². The van der Waals surface area contributed by atoms with Crippen molar-refractivity contribution in [2.45, 2.75) is 46.7 Å². The summed E-state index contributed by atoms with van der Waals surface area (Å²) in [7, 11) is 0. The van der Waals surface area contributed by atoms with Gasteiger partial charge in [0.15, 0.2) is 0 Å². The normalized spacial score (nSPS) is 19.1. The Morgan fingerprint density at radius 2 is 1.64 bits per heavy atom. The Balaban J connectivity index is 1.82. The SMILES string of the molecule is Cc1ccccc1C(=O)N[C@H](C(=O)N1CC(C)(C)[C@@H]1c1ccccc1)C(C)C. The highest BCUT2D eigenvalue weighted by Gasteiger charge is 2.50. The quantitative estimate of drug-likeness (QED) is 0.840. The lowest BCUT2D eigenvalue weighted by atomic mass is 9.71. The molecule has 1 aliphatic heterocycles. The van der Waals surface area contributed by atoms with E-state index in [1.54, 1.807) is 6.07 Å². The van der Waals surface area contributed by atoms with Gasteiger partial charge in [-0.05, 0) is 30.0 Å². The van der Waals surface area contributed by atoms with E-state index in [4.69, 9.17) is 0 Å². The molecule has 3 rings (SSSR count). The van der Waals surface area contributed by atoms with Gasteiger partial charge in [-0.2, -0.15) is 0 Å². The van der Waals surface area contributed by atoms with Crippen LogP contribution < -0.4 is 5.32 Å². The van der Waals surface area contributed by atoms with Crippen molar-refractivity contribution in [2.75, 3.05) is 6.54 Å². The summed E-state index contributed by atoms with van der Waals surface area (Å²) in [5.41, 5.74) is 2.67. The van der Waals surface area contributed by atoms with Crippen LogP contribution >= 0.6 is 0 Å². The third-order valence-electron chi connectivity index (χ3n) is 5.64. The monoisotopic (exact) mass is 378 g/mol. The van der Waals surface area contributed by atoms with Crippen molar-refractivity contribution in [3.05, 3.63) is 71.3 Å². The molecule has 4 nitrogen and oxygen atoms in total. The van der Waals surface area contributed by atoms with Gasteiger partial charge in [0.1, 0.15) is 6.04 Å². The minimum Gasteiger partial charge on any atom is -0.340 e. The molecule has 148 valence electrons. The van der Waals surface area contributed by atoms with E-state index < -0.39 is 6.04 Å². The van der Waals surface area contributed by atoms with Crippen molar-refractivity contribution in [3.63, 3.8) is 0 Å². The van der Waals surface area contributed by atoms with Crippen molar-refractivity contribution in [3.8, 4) is 0 Å². The highest BCUT2D eigenvalue weighted by Crippen LogP contribution is 2.48. The summed E-state index contributed by atoms with van der Waals surface area (Å²) in [6.45, 7) is 10.9. The van der Waals surface area contributed by atoms with Gasteiger partial charge in [0.2, 0.25) is 5.91 Å². The molecule has 1 heterocycles. The maximum atomic E-state index is 13.4. The van der Waals surface area contributed by atoms with Crippen LogP contribution in [0.15, 0.2) is 54.6 Å². The molecule has 1 aliphatic rings. The molecule has 1 N–H and O–H groups in total. The van der Waals surface area contributed by atoms with E-state index in [2.05, 4.69) is 31.3 Å². The van der Waals surface area contributed by atoms with Crippen LogP contribution in [0.5, 0.6) is 0 Å². The Labute approximate surface area is 167 Å². The number of rotatable bonds is 5. The van der Waals surface area contributed by atoms with Gasteiger partial charge in [-0.15, -0.1) is 0 Å². The van der Waals surface area contributed by atoms with E-state index in [-0.39, 0.29) is 29.2 Å². The first-order chi connectivity index (χ1) is 13.2. The lowest BCUT2D eigenvalue weighted by Crippen LogP contribution is -2.63. The van der Waals surface area contributed by atoms with Gasteiger partial charge < -0.3 is 10.2 Å². The first kappa shape index (κ1) is 20.1. The Bertz CT molecular complexity index is 858. The van der Waals surface area contributed by atoms with E-state index in [1.165, 1.54) is 0 Å². The molecule has 2 amide bonds. The number of likely N-dealkylation sites (tertiary alicyclic amines) is 1. The zero-order valence-electron chi connectivity index (χ0n) is 17.4. The average Bonchev–Trinajstić information content (AvgIpc) is 2.64. The van der Waals surface area contributed by atoms with Crippen LogP contribution in [0, 0.1) is 18.3 Å². The van der Waals surface area contributed by atoms with E-state index in [0.29, 0.717) is 12.1 Å². The second kappa shape index (κ2) is 7.78. The third-order valence-corrected chi connectivity index (χ3v) is 5.64. The topological polar surface area (TPSA) is 49.4 Å². The molecular formula is C24H30N2O2. The molecule has 1 saturated heterocycles. The molecule has 0 spiro atoms. The van der Waals surface area contributed by atoms with Crippen molar-refractivity contribution in [1.29, 1.82) is 0 Å². The van der Waals surface area contributed by atoms with Crippen LogP contribution in [0.25, 0.3) is 0 Å². The lowest BCUT2D eigenvalue weighted by Gasteiger charge is -2.55. The summed E-state index contributed by atoms with van der Waals surface area (Å²) >= 11 is 0. The predicted octanol–water partition coefficient (Wildman–Crippen LogP) is 4.36. The van der Waals surface area contributed by atoms with Gasteiger partial charge in [0.05, 0.1) is 6.04 Å². The van der Waals surface area contributed by atoms with Crippen LogP contribution in [0.2, 0.25) is 0 Å². The van der Waals surface area contributed by atoms with Crippen molar-refractivity contribution in [1.82, 2.24) is 10.2 Å². The van der Waals surface area contributed by atoms with Crippen molar-refractivity contribution >= 4 is 11.8 Å². The number of nitrogens with one attached hydrogen (secondary N) is 1. The Hall–Kier alpha value is -2.62. The molecule has 2 atom stereocenters. The van der Waals surface area contributed by atoms with E-state index in [0.717, 1.165) is 11.1 Å². The summed E-state index contributed by atoms with van der Waals surface area (Å²) in [4.78, 5) is 28.1. The van der Waals surface area contributed by atoms with Gasteiger partial charge in [0, 0.05) is 17.5 Å². The highest BCUT2D eigenvalue weighted by molar-refractivity contribution is 5.98. The molecule has 2 aromatic rings. The standard InChI is InChI=1S/C24H30N2O2/c1-16(2)20(25-22(27)19-14-10-9-11-17(19)3)23(28)26-15-24(4,5)21(26)18-12-7-6-8-13-18/h6-14,16,20-21H,15H2,1-5H3,(H,25,27)/t20-,21-/m0/s1. The summed E-state index contributed by atoms with van der Waals surface area (Å²) in [6.07, 6.45) is 0. The number of hydrogen-bond acceptors (Lipinski definition) is 2. The largest absolute Gasteiger partial charge is 0.340 e. The summed E-state index contributed by atoms with van der Waals surface area (Å²) < 4.78 is 0.